The number of carbonyl (C=O) groups excluding carboxylic acids is 1. The molecule has 1 aliphatic rings. The van der Waals surface area contributed by atoms with Gasteiger partial charge in [-0.3, -0.25) is 4.79 Å². The summed E-state index contributed by atoms with van der Waals surface area (Å²) in [5.74, 6) is -0.483. The lowest BCUT2D eigenvalue weighted by Gasteiger charge is -2.32. The molecule has 0 saturated heterocycles. The van der Waals surface area contributed by atoms with Gasteiger partial charge in [0.2, 0.25) is 10.0 Å². The van der Waals surface area contributed by atoms with Gasteiger partial charge in [-0.05, 0) is 55.2 Å². The number of benzene rings is 1. The Bertz CT molecular complexity index is 1180. The summed E-state index contributed by atoms with van der Waals surface area (Å²) in [7, 11) is -2.44. The lowest BCUT2D eigenvalue weighted by Crippen LogP contribution is -2.36. The SMILES string of the molecule is CN(CC(=O)OC1CCCCC1c1ccc2nccn2c1)S(=O)(=O)c1ccc(Cl)cc1. The highest BCUT2D eigenvalue weighted by molar-refractivity contribution is 7.89. The van der Waals surface area contributed by atoms with Gasteiger partial charge in [0.1, 0.15) is 18.3 Å². The van der Waals surface area contributed by atoms with Gasteiger partial charge < -0.3 is 9.14 Å². The normalized spacial score (nSPS) is 19.6. The molecular weight excluding hydrogens is 438 g/mol. The van der Waals surface area contributed by atoms with Crippen LogP contribution in [-0.2, 0) is 19.6 Å². The molecule has 1 aromatic carbocycles. The number of halogens is 1. The standard InChI is InChI=1S/C22H24ClN3O4S/c1-25(31(28,29)18-9-7-17(23)8-10-18)15-22(27)30-20-5-3-2-4-19(20)16-6-11-21-24-12-13-26(21)14-16/h6-14,19-20H,2-5,15H2,1H3. The van der Waals surface area contributed by atoms with Crippen LogP contribution >= 0.6 is 11.6 Å². The van der Waals surface area contributed by atoms with Gasteiger partial charge >= 0.3 is 5.97 Å². The maximum atomic E-state index is 12.7. The fourth-order valence-electron chi connectivity index (χ4n) is 4.04. The van der Waals surface area contributed by atoms with Crippen LogP contribution in [0.4, 0.5) is 0 Å². The van der Waals surface area contributed by atoms with E-state index in [1.54, 1.807) is 6.20 Å². The molecule has 9 heteroatoms. The van der Waals surface area contributed by atoms with Gasteiger partial charge in [-0.15, -0.1) is 0 Å². The van der Waals surface area contributed by atoms with Crippen molar-refractivity contribution in [2.45, 2.75) is 42.6 Å². The van der Waals surface area contributed by atoms with Gasteiger partial charge in [-0.25, -0.2) is 13.4 Å². The third kappa shape index (κ3) is 4.76. The molecule has 2 aromatic heterocycles. The fraction of sp³-hybridized carbons (Fsp3) is 0.364. The summed E-state index contributed by atoms with van der Waals surface area (Å²) >= 11 is 5.84. The molecule has 2 unspecified atom stereocenters. The highest BCUT2D eigenvalue weighted by atomic mass is 35.5. The molecule has 0 aliphatic heterocycles. The maximum Gasteiger partial charge on any atom is 0.321 e. The van der Waals surface area contributed by atoms with E-state index in [1.807, 2.05) is 28.9 Å². The summed E-state index contributed by atoms with van der Waals surface area (Å²) in [6.45, 7) is -0.352. The lowest BCUT2D eigenvalue weighted by molar-refractivity contribution is -0.151. The number of nitrogens with zero attached hydrogens (tertiary/aromatic N) is 3. The molecule has 1 saturated carbocycles. The van der Waals surface area contributed by atoms with Crippen molar-refractivity contribution in [1.29, 1.82) is 0 Å². The minimum absolute atomic E-state index is 0.0719. The van der Waals surface area contributed by atoms with Crippen molar-refractivity contribution in [1.82, 2.24) is 13.7 Å². The second-order valence-corrected chi connectivity index (χ2v) is 10.3. The van der Waals surface area contributed by atoms with E-state index in [1.165, 1.54) is 31.3 Å². The zero-order chi connectivity index (χ0) is 22.0. The number of ether oxygens (including phenoxy) is 1. The summed E-state index contributed by atoms with van der Waals surface area (Å²) < 4.78 is 34.2. The van der Waals surface area contributed by atoms with Gasteiger partial charge in [0.15, 0.2) is 0 Å². The first-order valence-corrected chi connectivity index (χ1v) is 12.0. The Balaban J connectivity index is 1.45. The molecule has 0 radical (unpaired) electrons. The topological polar surface area (TPSA) is 81.0 Å². The smallest absolute Gasteiger partial charge is 0.321 e. The zero-order valence-corrected chi connectivity index (χ0v) is 18.7. The Morgan fingerprint density at radius 1 is 1.19 bits per heavy atom. The van der Waals surface area contributed by atoms with Gasteiger partial charge in [0.05, 0.1) is 4.90 Å². The van der Waals surface area contributed by atoms with Crippen LogP contribution in [-0.4, -0.2) is 47.8 Å². The summed E-state index contributed by atoms with van der Waals surface area (Å²) in [5.41, 5.74) is 1.95. The number of carbonyl (C=O) groups is 1. The molecule has 1 fully saturated rings. The molecule has 31 heavy (non-hydrogen) atoms. The average molecular weight is 462 g/mol. The number of rotatable bonds is 6. The van der Waals surface area contributed by atoms with Crippen LogP contribution in [0.25, 0.3) is 5.65 Å². The number of pyridine rings is 1. The van der Waals surface area contributed by atoms with Gasteiger partial charge in [-0.1, -0.05) is 24.1 Å². The number of fused-ring (bicyclic) bond motifs is 1. The molecule has 0 spiro atoms. The number of hydrogen-bond donors (Lipinski definition) is 0. The lowest BCUT2D eigenvalue weighted by atomic mass is 9.82. The molecule has 0 amide bonds. The van der Waals surface area contributed by atoms with Crippen molar-refractivity contribution < 1.29 is 17.9 Å². The average Bonchev–Trinajstić information content (AvgIpc) is 3.22. The monoisotopic (exact) mass is 461 g/mol. The predicted molar refractivity (Wildman–Crippen MR) is 118 cm³/mol. The third-order valence-corrected chi connectivity index (χ3v) is 7.77. The molecule has 4 rings (SSSR count). The second-order valence-electron chi connectivity index (χ2n) is 7.79. The van der Waals surface area contributed by atoms with E-state index in [0.29, 0.717) is 5.02 Å². The Morgan fingerprint density at radius 3 is 2.71 bits per heavy atom. The van der Waals surface area contributed by atoms with Crippen molar-refractivity contribution in [2.75, 3.05) is 13.6 Å². The third-order valence-electron chi connectivity index (χ3n) is 5.70. The quantitative estimate of drug-likeness (QED) is 0.520. The van der Waals surface area contributed by atoms with Crippen molar-refractivity contribution >= 4 is 33.2 Å². The van der Waals surface area contributed by atoms with Crippen molar-refractivity contribution in [3.63, 3.8) is 0 Å². The Kier molecular flexibility index (Phi) is 6.31. The molecule has 3 aromatic rings. The Labute approximate surface area is 186 Å². The van der Waals surface area contributed by atoms with Crippen LogP contribution < -0.4 is 0 Å². The van der Waals surface area contributed by atoms with Crippen molar-refractivity contribution in [3.05, 3.63) is 65.6 Å². The first-order valence-electron chi connectivity index (χ1n) is 10.2. The number of sulfonamides is 1. The van der Waals surface area contributed by atoms with Crippen molar-refractivity contribution in [3.8, 4) is 0 Å². The molecule has 7 nitrogen and oxygen atoms in total. The first kappa shape index (κ1) is 21.8. The Hall–Kier alpha value is -2.42. The zero-order valence-electron chi connectivity index (χ0n) is 17.1. The van der Waals surface area contributed by atoms with Crippen LogP contribution in [0.15, 0.2) is 59.9 Å². The number of aromatic nitrogens is 2. The molecule has 0 N–H and O–H groups in total. The minimum atomic E-state index is -3.81. The van der Waals surface area contributed by atoms with Crippen LogP contribution in [0.2, 0.25) is 5.02 Å². The van der Waals surface area contributed by atoms with E-state index in [9.17, 15) is 13.2 Å². The summed E-state index contributed by atoms with van der Waals surface area (Å²) in [6, 6.07) is 9.83. The summed E-state index contributed by atoms with van der Waals surface area (Å²) in [5, 5.41) is 0.443. The van der Waals surface area contributed by atoms with E-state index in [-0.39, 0.29) is 23.5 Å². The molecule has 0 bridgehead atoms. The molecule has 2 heterocycles. The number of likely N-dealkylation sites (N-methyl/N-ethyl adjacent to an activating group) is 1. The number of hydrogen-bond acceptors (Lipinski definition) is 5. The van der Waals surface area contributed by atoms with Crippen LogP contribution in [0.5, 0.6) is 0 Å². The van der Waals surface area contributed by atoms with Gasteiger partial charge in [0, 0.05) is 36.6 Å². The highest BCUT2D eigenvalue weighted by Gasteiger charge is 2.31. The van der Waals surface area contributed by atoms with Crippen LogP contribution in [0, 0.1) is 0 Å². The van der Waals surface area contributed by atoms with Crippen molar-refractivity contribution in [2.24, 2.45) is 0 Å². The van der Waals surface area contributed by atoms with E-state index in [0.717, 1.165) is 41.2 Å². The van der Waals surface area contributed by atoms with E-state index in [2.05, 4.69) is 4.98 Å². The van der Waals surface area contributed by atoms with Crippen LogP contribution in [0.1, 0.15) is 37.2 Å². The number of imidazole rings is 1. The van der Waals surface area contributed by atoms with Gasteiger partial charge in [0.25, 0.3) is 0 Å². The summed E-state index contributed by atoms with van der Waals surface area (Å²) in [6.07, 6.45) is 9.08. The number of esters is 1. The Morgan fingerprint density at radius 2 is 1.94 bits per heavy atom. The molecule has 164 valence electrons. The molecule has 1 aliphatic carbocycles. The predicted octanol–water partition coefficient (Wildman–Crippen LogP) is 3.88. The van der Waals surface area contributed by atoms with Gasteiger partial charge in [-0.2, -0.15) is 4.31 Å². The van der Waals surface area contributed by atoms with E-state index in [4.69, 9.17) is 16.3 Å². The largest absolute Gasteiger partial charge is 0.461 e. The van der Waals surface area contributed by atoms with E-state index < -0.39 is 16.0 Å². The highest BCUT2D eigenvalue weighted by Crippen LogP contribution is 2.35. The summed E-state index contributed by atoms with van der Waals surface area (Å²) in [4.78, 5) is 17.0. The first-order chi connectivity index (χ1) is 14.8. The molecule has 2 atom stereocenters. The second kappa shape index (κ2) is 8.98. The maximum absolute atomic E-state index is 12.7. The molecular formula is C22H24ClN3O4S. The fourth-order valence-corrected chi connectivity index (χ4v) is 5.28. The minimum Gasteiger partial charge on any atom is -0.461 e. The van der Waals surface area contributed by atoms with E-state index >= 15 is 0 Å². The van der Waals surface area contributed by atoms with Crippen LogP contribution in [0.3, 0.4) is 0 Å².